The molecule has 2 bridgehead atoms. The number of nitrogens with zero attached hydrogens (tertiary/aromatic N) is 1. The van der Waals surface area contributed by atoms with Crippen LogP contribution in [0.1, 0.15) is 30.6 Å². The number of fused-ring (bicyclic) bond motifs is 2. The Morgan fingerprint density at radius 1 is 1.44 bits per heavy atom. The van der Waals surface area contributed by atoms with E-state index in [0.29, 0.717) is 11.2 Å². The molecule has 0 amide bonds. The molecule has 3 atom stereocenters. The van der Waals surface area contributed by atoms with E-state index in [2.05, 4.69) is 15.8 Å². The summed E-state index contributed by atoms with van der Waals surface area (Å²) in [5.74, 6) is 1.76. The summed E-state index contributed by atoms with van der Waals surface area (Å²) in [5.41, 5.74) is 2.90. The fourth-order valence-corrected chi connectivity index (χ4v) is 3.93. The molecule has 3 rings (SSSR count). The highest BCUT2D eigenvalue weighted by atomic mass is 32.1. The van der Waals surface area contributed by atoms with Gasteiger partial charge in [-0.15, -0.1) is 11.3 Å². The predicted molar refractivity (Wildman–Crippen MR) is 80.0 cm³/mol. The molecule has 0 saturated heterocycles. The zero-order chi connectivity index (χ0) is 12.4. The molecule has 0 spiro atoms. The van der Waals surface area contributed by atoms with Crippen LogP contribution < -0.4 is 10.7 Å². The number of hydrazone groups is 1. The third kappa shape index (κ3) is 2.72. The average Bonchev–Trinajstić information content (AvgIpc) is 3.04. The summed E-state index contributed by atoms with van der Waals surface area (Å²) in [6, 6.07) is 4.61. The number of hydrogen-bond donors (Lipinski definition) is 2. The minimum absolute atomic E-state index is 0.570. The lowest BCUT2D eigenvalue weighted by atomic mass is 9.96. The molecular formula is C13H17N3S2. The van der Waals surface area contributed by atoms with Crippen LogP contribution in [-0.2, 0) is 0 Å². The first-order valence-corrected chi connectivity index (χ1v) is 7.73. The quantitative estimate of drug-likeness (QED) is 0.507. The fraction of sp³-hybridized carbons (Fsp3) is 0.538. The Morgan fingerprint density at radius 3 is 3.06 bits per heavy atom. The third-order valence-corrected chi connectivity index (χ3v) is 4.97. The number of rotatable bonds is 3. The first kappa shape index (κ1) is 12.1. The SMILES string of the molecule is S=C(N/N=C\c1cccs1)N[C@@H]1C[C@H]2CC[C@@H]1C2. The summed E-state index contributed by atoms with van der Waals surface area (Å²) in [6.45, 7) is 0. The van der Waals surface area contributed by atoms with Gasteiger partial charge < -0.3 is 5.32 Å². The van der Waals surface area contributed by atoms with E-state index in [9.17, 15) is 0 Å². The smallest absolute Gasteiger partial charge is 0.187 e. The van der Waals surface area contributed by atoms with Crippen LogP contribution in [0.2, 0.25) is 0 Å². The molecule has 1 aromatic heterocycles. The maximum Gasteiger partial charge on any atom is 0.187 e. The maximum absolute atomic E-state index is 5.27. The highest BCUT2D eigenvalue weighted by Crippen LogP contribution is 2.44. The number of thiophene rings is 1. The lowest BCUT2D eigenvalue weighted by Crippen LogP contribution is -2.42. The molecule has 0 aliphatic heterocycles. The molecule has 2 fully saturated rings. The molecule has 5 heteroatoms. The van der Waals surface area contributed by atoms with Crippen molar-refractivity contribution in [3.63, 3.8) is 0 Å². The molecule has 0 radical (unpaired) electrons. The Labute approximate surface area is 117 Å². The maximum atomic E-state index is 5.27. The summed E-state index contributed by atoms with van der Waals surface area (Å²) in [4.78, 5) is 1.13. The van der Waals surface area contributed by atoms with Crippen LogP contribution in [0.5, 0.6) is 0 Å². The molecule has 2 aliphatic carbocycles. The molecule has 3 nitrogen and oxygen atoms in total. The van der Waals surface area contributed by atoms with Crippen molar-refractivity contribution >= 4 is 34.9 Å². The number of hydrogen-bond acceptors (Lipinski definition) is 3. The lowest BCUT2D eigenvalue weighted by molar-refractivity contribution is 0.389. The second-order valence-corrected chi connectivity index (χ2v) is 6.53. The number of thiocarbonyl (C=S) groups is 1. The standard InChI is InChI=1S/C13H17N3S2/c17-13(16-14-8-11-2-1-5-18-11)15-12-7-9-3-4-10(12)6-9/h1-2,5,8-10,12H,3-4,6-7H2,(H2,15,16,17)/b14-8-/t9-,10+,12+/m0/s1. The Hall–Kier alpha value is -0.940. The van der Waals surface area contributed by atoms with E-state index in [4.69, 9.17) is 12.2 Å². The van der Waals surface area contributed by atoms with Crippen molar-refractivity contribution in [1.29, 1.82) is 0 Å². The zero-order valence-corrected chi connectivity index (χ0v) is 11.8. The van der Waals surface area contributed by atoms with E-state index in [1.807, 2.05) is 17.5 Å². The largest absolute Gasteiger partial charge is 0.358 e. The fourth-order valence-electron chi connectivity index (χ4n) is 3.14. The van der Waals surface area contributed by atoms with Gasteiger partial charge in [-0.1, -0.05) is 12.5 Å². The summed E-state index contributed by atoms with van der Waals surface area (Å²) in [5, 5.41) is 10.2. The first-order valence-electron chi connectivity index (χ1n) is 6.44. The predicted octanol–water partition coefficient (Wildman–Crippen LogP) is 2.73. The van der Waals surface area contributed by atoms with Gasteiger partial charge in [0, 0.05) is 10.9 Å². The van der Waals surface area contributed by atoms with Gasteiger partial charge in [-0.05, 0) is 54.8 Å². The molecular weight excluding hydrogens is 262 g/mol. The van der Waals surface area contributed by atoms with Crippen molar-refractivity contribution < 1.29 is 0 Å². The van der Waals surface area contributed by atoms with Crippen LogP contribution >= 0.6 is 23.6 Å². The molecule has 1 heterocycles. The van der Waals surface area contributed by atoms with E-state index in [-0.39, 0.29) is 0 Å². The highest BCUT2D eigenvalue weighted by Gasteiger charge is 2.39. The van der Waals surface area contributed by atoms with E-state index in [0.717, 1.165) is 16.7 Å². The van der Waals surface area contributed by atoms with Crippen LogP contribution in [0.15, 0.2) is 22.6 Å². The van der Waals surface area contributed by atoms with Gasteiger partial charge in [-0.2, -0.15) is 5.10 Å². The van der Waals surface area contributed by atoms with Crippen LogP contribution in [0.3, 0.4) is 0 Å². The van der Waals surface area contributed by atoms with E-state index < -0.39 is 0 Å². The normalized spacial score (nSPS) is 29.9. The minimum atomic E-state index is 0.570. The Morgan fingerprint density at radius 2 is 2.39 bits per heavy atom. The lowest BCUT2D eigenvalue weighted by Gasteiger charge is -2.23. The van der Waals surface area contributed by atoms with Gasteiger partial charge >= 0.3 is 0 Å². The molecule has 2 aliphatic rings. The zero-order valence-electron chi connectivity index (χ0n) is 10.1. The average molecular weight is 279 g/mol. The molecule has 0 aromatic carbocycles. The highest BCUT2D eigenvalue weighted by molar-refractivity contribution is 7.80. The first-order chi connectivity index (χ1) is 8.81. The van der Waals surface area contributed by atoms with Crippen molar-refractivity contribution in [2.45, 2.75) is 31.7 Å². The van der Waals surface area contributed by atoms with E-state index in [1.54, 1.807) is 17.6 Å². The summed E-state index contributed by atoms with van der Waals surface area (Å²) >= 11 is 6.93. The van der Waals surface area contributed by atoms with Crippen molar-refractivity contribution in [2.75, 3.05) is 0 Å². The van der Waals surface area contributed by atoms with Crippen LogP contribution in [0.4, 0.5) is 0 Å². The minimum Gasteiger partial charge on any atom is -0.358 e. The molecule has 96 valence electrons. The molecule has 1 aromatic rings. The van der Waals surface area contributed by atoms with Crippen molar-refractivity contribution in [3.05, 3.63) is 22.4 Å². The summed E-state index contributed by atoms with van der Waals surface area (Å²) in [6.07, 6.45) is 7.25. The Kier molecular flexibility index (Phi) is 3.61. The molecule has 2 N–H and O–H groups in total. The Balaban J connectivity index is 1.45. The van der Waals surface area contributed by atoms with Gasteiger partial charge in [0.15, 0.2) is 5.11 Å². The van der Waals surface area contributed by atoms with Gasteiger partial charge in [0.1, 0.15) is 0 Å². The van der Waals surface area contributed by atoms with E-state index in [1.165, 1.54) is 25.7 Å². The molecule has 18 heavy (non-hydrogen) atoms. The number of nitrogens with one attached hydrogen (secondary N) is 2. The second kappa shape index (κ2) is 5.36. The molecule has 0 unspecified atom stereocenters. The third-order valence-electron chi connectivity index (χ3n) is 3.96. The molecule has 2 saturated carbocycles. The van der Waals surface area contributed by atoms with Crippen LogP contribution in [0.25, 0.3) is 0 Å². The van der Waals surface area contributed by atoms with Gasteiger partial charge in [-0.25, -0.2) is 0 Å². The van der Waals surface area contributed by atoms with Gasteiger partial charge in [-0.3, -0.25) is 5.43 Å². The van der Waals surface area contributed by atoms with Crippen molar-refractivity contribution in [3.8, 4) is 0 Å². The van der Waals surface area contributed by atoms with E-state index >= 15 is 0 Å². The monoisotopic (exact) mass is 279 g/mol. The van der Waals surface area contributed by atoms with Crippen LogP contribution in [0, 0.1) is 11.8 Å². The van der Waals surface area contributed by atoms with Gasteiger partial charge in [0.2, 0.25) is 0 Å². The second-order valence-electron chi connectivity index (χ2n) is 5.14. The Bertz CT molecular complexity index is 441. The van der Waals surface area contributed by atoms with Crippen molar-refractivity contribution in [2.24, 2.45) is 16.9 Å². The summed E-state index contributed by atoms with van der Waals surface area (Å²) in [7, 11) is 0. The topological polar surface area (TPSA) is 36.4 Å². The summed E-state index contributed by atoms with van der Waals surface area (Å²) < 4.78 is 0. The van der Waals surface area contributed by atoms with Gasteiger partial charge in [0.25, 0.3) is 0 Å². The van der Waals surface area contributed by atoms with Crippen LogP contribution in [-0.4, -0.2) is 17.4 Å². The van der Waals surface area contributed by atoms with Crippen molar-refractivity contribution in [1.82, 2.24) is 10.7 Å². The van der Waals surface area contributed by atoms with Gasteiger partial charge in [0.05, 0.1) is 6.21 Å².